The number of nitrogens with zero attached hydrogens (tertiary/aromatic N) is 10. The number of benzene rings is 4. The van der Waals surface area contributed by atoms with Crippen LogP contribution in [-0.4, -0.2) is 123 Å². The van der Waals surface area contributed by atoms with Crippen LogP contribution < -0.4 is 59.5 Å². The van der Waals surface area contributed by atoms with Crippen LogP contribution in [0.4, 0.5) is 45.5 Å². The molecule has 2 aliphatic carbocycles. The summed E-state index contributed by atoms with van der Waals surface area (Å²) in [6.45, 7) is 7.97. The third kappa shape index (κ3) is 20.6. The Hall–Kier alpha value is -15.1. The fraction of sp³-hybridized carbons (Fsp3) is 0.224. The number of nitrogens with one attached hydrogen (secondary N) is 11. The SMILES string of the molecule is CC(C)(CN1CCCC1)NC(=O)c1ccc(Nc2ccc(-c3cc[nH]c(=O)c3)n3ccnc23)cc1.O=C(NC1CCCCCC1)c1ccc(Nc2ccc(-c3cc[nH]c(=O)c3)n3ccnc23)cc1.O=C(NCC1CCCCC1)c1ccc(Nc2ccc(-c3cc[nH]c(=O)c3)n3ccnc23)cc1.O=c1cc(-c2ccc(Nc3ccc4scnc4c3)c3nccn23)cc[nH]1. The zero-order valence-corrected chi connectivity index (χ0v) is 71.1. The molecule has 17 aromatic rings. The molecule has 1 saturated heterocycles. The van der Waals surface area contributed by atoms with Crippen molar-refractivity contribution in [2.24, 2.45) is 5.92 Å². The van der Waals surface area contributed by atoms with Crippen molar-refractivity contribution in [1.82, 2.24) is 83.3 Å². The molecule has 3 aliphatic rings. The van der Waals surface area contributed by atoms with E-state index in [4.69, 9.17) is 0 Å². The monoisotopic (exact) mass is 1710 g/mol. The summed E-state index contributed by atoms with van der Waals surface area (Å²) >= 11 is 1.62. The second-order valence-corrected chi connectivity index (χ2v) is 33.6. The molecule has 0 bridgehead atoms. The van der Waals surface area contributed by atoms with Gasteiger partial charge >= 0.3 is 0 Å². The predicted octanol–water partition coefficient (Wildman–Crippen LogP) is 17.7. The average molecular weight is 1710 g/mol. The molecule has 3 amide bonds. The first-order valence-corrected chi connectivity index (χ1v) is 43.8. The van der Waals surface area contributed by atoms with Crippen molar-refractivity contribution >= 4 is 107 Å². The molecule has 0 atom stereocenters. The van der Waals surface area contributed by atoms with Crippen LogP contribution in [0.25, 0.3) is 77.8 Å². The first-order valence-electron chi connectivity index (χ1n) is 43.0. The molecule has 29 heteroatoms. The molecule has 1 aliphatic heterocycles. The minimum Gasteiger partial charge on any atom is -0.352 e. The van der Waals surface area contributed by atoms with Gasteiger partial charge in [-0.25, -0.2) is 24.9 Å². The highest BCUT2D eigenvalue weighted by molar-refractivity contribution is 7.16. The van der Waals surface area contributed by atoms with Gasteiger partial charge in [0.15, 0.2) is 22.6 Å². The number of H-pyrrole nitrogens is 4. The lowest BCUT2D eigenvalue weighted by Crippen LogP contribution is -2.50. The largest absolute Gasteiger partial charge is 0.352 e. The number of amides is 3. The Labute approximate surface area is 734 Å². The van der Waals surface area contributed by atoms with E-state index in [1.54, 1.807) is 85.2 Å². The van der Waals surface area contributed by atoms with Gasteiger partial charge in [-0.15, -0.1) is 11.3 Å². The van der Waals surface area contributed by atoms with Crippen LogP contribution >= 0.6 is 11.3 Å². The number of carbonyl (C=O) groups is 3. The number of hydrogen-bond acceptors (Lipinski definition) is 18. The third-order valence-corrected chi connectivity index (χ3v) is 23.9. The summed E-state index contributed by atoms with van der Waals surface area (Å²) in [7, 11) is 0. The zero-order chi connectivity index (χ0) is 87.2. The highest BCUT2D eigenvalue weighted by Gasteiger charge is 2.27. The minimum absolute atomic E-state index is 0.00806. The summed E-state index contributed by atoms with van der Waals surface area (Å²) in [4.78, 5) is 120. The van der Waals surface area contributed by atoms with Gasteiger partial charge in [0.05, 0.1) is 61.3 Å². The number of imidazole rings is 4. The molecule has 0 unspecified atom stereocenters. The summed E-state index contributed by atoms with van der Waals surface area (Å²) < 4.78 is 8.97. The number of hydrogen-bond donors (Lipinski definition) is 11. The van der Waals surface area contributed by atoms with Crippen molar-refractivity contribution in [3.8, 4) is 45.0 Å². The number of thiazole rings is 1. The lowest BCUT2D eigenvalue weighted by atomic mass is 9.89. The number of aromatic amines is 4. The first-order chi connectivity index (χ1) is 62.0. The normalized spacial score (nSPS) is 13.8. The Kier molecular flexibility index (Phi) is 25.7. The molecular weight excluding hydrogens is 1620 g/mol. The number of likely N-dealkylation sites (tertiary alicyclic amines) is 1. The maximum atomic E-state index is 12.9. The van der Waals surface area contributed by atoms with E-state index in [-0.39, 0.29) is 51.5 Å². The standard InChI is InChI=1S/C27H30N6O2.2C26H27N5O2.C19H13N5OS/c1-27(2,18-32-14-3-4-15-32)31-26(35)19-5-7-21(8-6-19)30-22-9-10-23(33-16-13-29-25(22)33)20-11-12-28-24(34)17-20;32-24-16-20(12-13-27-24)23-11-10-22(25-28-14-15-31(23)25)30-21-8-6-19(7-9-21)26(33)29-17-18-4-2-1-3-5-18;32-24-17-19(13-14-27-24)23-12-11-22(25-28-15-16-31(23)25)29-21-9-7-18(8-10-21)26(33)30-20-5-3-1-2-4-6-20;25-18-9-12(5-6-20-18)16-3-2-14(19-21-7-8-24(16)19)23-13-1-4-17-15(10-13)22-11-26-17/h5-13,16-17,30H,3-4,14-15,18H2,1-2H3,(H,28,34)(H,31,35);6-16,18,30H,1-5,17H2,(H,27,32)(H,29,33);7-17,20,29H,1-6H2,(H,27,32)(H,30,33);1-11,23H,(H,20,25). The average Bonchev–Trinajstić information content (AvgIpc) is 1.71. The second-order valence-electron chi connectivity index (χ2n) is 32.7. The van der Waals surface area contributed by atoms with E-state index in [1.807, 2.05) is 206 Å². The maximum absolute atomic E-state index is 12.9. The van der Waals surface area contributed by atoms with Gasteiger partial charge in [0, 0.05) is 185 Å². The molecule has 0 radical (unpaired) electrons. The maximum Gasteiger partial charge on any atom is 0.251 e. The Balaban J connectivity index is 0.000000120. The van der Waals surface area contributed by atoms with E-state index in [0.29, 0.717) is 22.6 Å². The quantitative estimate of drug-likeness (QED) is 0.0298. The molecule has 11 N–H and O–H groups in total. The molecule has 20 rings (SSSR count). The first kappa shape index (κ1) is 84.1. The second kappa shape index (κ2) is 38.8. The van der Waals surface area contributed by atoms with E-state index in [2.05, 4.69) is 107 Å². The van der Waals surface area contributed by atoms with Crippen molar-refractivity contribution in [3.63, 3.8) is 0 Å². The number of rotatable bonds is 21. The Morgan fingerprint density at radius 3 is 1.16 bits per heavy atom. The van der Waals surface area contributed by atoms with E-state index < -0.39 is 0 Å². The van der Waals surface area contributed by atoms with Crippen molar-refractivity contribution in [1.29, 1.82) is 0 Å². The minimum atomic E-state index is -0.296. The van der Waals surface area contributed by atoms with E-state index >= 15 is 0 Å². The highest BCUT2D eigenvalue weighted by atomic mass is 32.1. The number of carbonyl (C=O) groups excluding carboxylic acids is 3. The van der Waals surface area contributed by atoms with Gasteiger partial charge in [-0.1, -0.05) is 44.9 Å². The van der Waals surface area contributed by atoms with Gasteiger partial charge < -0.3 is 62.1 Å². The Morgan fingerprint density at radius 2 is 0.756 bits per heavy atom. The van der Waals surface area contributed by atoms with Crippen molar-refractivity contribution in [2.75, 3.05) is 47.4 Å². The molecule has 2 saturated carbocycles. The Morgan fingerprint density at radius 1 is 0.394 bits per heavy atom. The van der Waals surface area contributed by atoms with Gasteiger partial charge in [-0.3, -0.25) is 51.2 Å². The molecule has 13 aromatic heterocycles. The number of aromatic nitrogens is 13. The topological polar surface area (TPSA) is 352 Å². The summed E-state index contributed by atoms with van der Waals surface area (Å²) in [5.41, 5.74) is 20.7. The van der Waals surface area contributed by atoms with Crippen molar-refractivity contribution in [2.45, 2.75) is 109 Å². The van der Waals surface area contributed by atoms with E-state index in [9.17, 15) is 33.6 Å². The fourth-order valence-corrected chi connectivity index (χ4v) is 17.5. The van der Waals surface area contributed by atoms with Gasteiger partial charge in [0.25, 0.3) is 17.7 Å². The van der Waals surface area contributed by atoms with Crippen LogP contribution in [-0.2, 0) is 0 Å². The van der Waals surface area contributed by atoms with Crippen LogP contribution in [0.1, 0.15) is 128 Å². The summed E-state index contributed by atoms with van der Waals surface area (Å²) in [6, 6.07) is 58.3. The molecule has 3 fully saturated rings. The van der Waals surface area contributed by atoms with Gasteiger partial charge in [-0.05, 0) is 235 Å². The van der Waals surface area contributed by atoms with Gasteiger partial charge in [0.1, 0.15) is 0 Å². The number of anilines is 8. The smallest absolute Gasteiger partial charge is 0.251 e. The van der Waals surface area contributed by atoms with Crippen LogP contribution in [0, 0.1) is 5.92 Å². The molecule has 0 spiro atoms. The lowest BCUT2D eigenvalue weighted by Gasteiger charge is -2.31. The summed E-state index contributed by atoms with van der Waals surface area (Å²) in [6.07, 6.45) is 36.8. The summed E-state index contributed by atoms with van der Waals surface area (Å²) in [5.74, 6) is 0.507. The van der Waals surface area contributed by atoms with Crippen LogP contribution in [0.3, 0.4) is 0 Å². The van der Waals surface area contributed by atoms with Crippen LogP contribution in [0.5, 0.6) is 0 Å². The molecule has 28 nitrogen and oxygen atoms in total. The van der Waals surface area contributed by atoms with E-state index in [1.165, 1.54) is 70.6 Å². The molecule has 14 heterocycles. The lowest BCUT2D eigenvalue weighted by molar-refractivity contribution is 0.0891. The molecular formula is C98H97N21O7S. The molecule has 4 aromatic carbocycles. The van der Waals surface area contributed by atoms with Gasteiger partial charge in [-0.2, -0.15) is 0 Å². The van der Waals surface area contributed by atoms with Crippen LogP contribution in [0.2, 0.25) is 0 Å². The van der Waals surface area contributed by atoms with E-state index in [0.717, 1.165) is 162 Å². The van der Waals surface area contributed by atoms with Crippen molar-refractivity contribution < 1.29 is 14.4 Å². The van der Waals surface area contributed by atoms with Crippen LogP contribution in [0.15, 0.2) is 287 Å². The summed E-state index contributed by atoms with van der Waals surface area (Å²) in [5, 5.41) is 23.1. The number of pyridine rings is 8. The highest BCUT2D eigenvalue weighted by Crippen LogP contribution is 2.34. The zero-order valence-electron chi connectivity index (χ0n) is 70.3. The molecule has 127 heavy (non-hydrogen) atoms. The fourth-order valence-electron chi connectivity index (χ4n) is 16.8. The van der Waals surface area contributed by atoms with Gasteiger partial charge in [0.2, 0.25) is 22.2 Å². The molecule has 642 valence electrons. The number of fused-ring (bicyclic) bond motifs is 5. The Bertz CT molecular complexity index is 7000. The third-order valence-electron chi connectivity index (χ3n) is 23.1. The predicted molar refractivity (Wildman–Crippen MR) is 502 cm³/mol. The van der Waals surface area contributed by atoms with Crippen molar-refractivity contribution in [3.05, 3.63) is 326 Å².